The lowest BCUT2D eigenvalue weighted by molar-refractivity contribution is -0.139. The van der Waals surface area contributed by atoms with Crippen LogP contribution in [-0.2, 0) is 4.79 Å². The summed E-state index contributed by atoms with van der Waals surface area (Å²) in [4.78, 5) is 10.6. The molecule has 0 radical (unpaired) electrons. The third-order valence-electron chi connectivity index (χ3n) is 2.59. The Morgan fingerprint density at radius 2 is 2.14 bits per heavy atom. The van der Waals surface area contributed by atoms with Crippen molar-refractivity contribution in [3.63, 3.8) is 0 Å². The highest BCUT2D eigenvalue weighted by molar-refractivity contribution is 9.10. The average molecular weight is 384 g/mol. The smallest absolute Gasteiger partial charge is 0.341 e. The number of aliphatic carboxylic acids is 1. The molecular weight excluding hydrogens is 372 g/mol. The summed E-state index contributed by atoms with van der Waals surface area (Å²) in [6, 6.07) is 12.4. The van der Waals surface area contributed by atoms with Crippen molar-refractivity contribution in [3.8, 4) is 5.75 Å². The van der Waals surface area contributed by atoms with Crippen molar-refractivity contribution < 1.29 is 14.6 Å². The highest BCUT2D eigenvalue weighted by atomic mass is 79.9. The summed E-state index contributed by atoms with van der Waals surface area (Å²) >= 11 is 9.36. The molecule has 2 aromatic carbocycles. The Hall–Kier alpha value is -2.05. The SMILES string of the molecule is O=C(O)COc1ccc(Br)cc1/C=N\Nc1ccccc1Cl. The molecule has 7 heteroatoms. The number of rotatable bonds is 6. The molecule has 22 heavy (non-hydrogen) atoms. The topological polar surface area (TPSA) is 70.9 Å². The van der Waals surface area contributed by atoms with Crippen molar-refractivity contribution in [2.24, 2.45) is 5.10 Å². The van der Waals surface area contributed by atoms with Crippen LogP contribution in [0.25, 0.3) is 0 Å². The van der Waals surface area contributed by atoms with Gasteiger partial charge in [-0.2, -0.15) is 5.10 Å². The first-order valence-corrected chi connectivity index (χ1v) is 7.41. The molecule has 0 spiro atoms. The summed E-state index contributed by atoms with van der Waals surface area (Å²) in [6.45, 7) is -0.416. The van der Waals surface area contributed by atoms with Crippen LogP contribution in [0.4, 0.5) is 5.69 Å². The van der Waals surface area contributed by atoms with Crippen LogP contribution in [-0.4, -0.2) is 23.9 Å². The second-order valence-electron chi connectivity index (χ2n) is 4.21. The molecule has 2 N–H and O–H groups in total. The molecule has 5 nitrogen and oxygen atoms in total. The predicted octanol–water partition coefficient (Wildman–Crippen LogP) is 4.01. The van der Waals surface area contributed by atoms with E-state index in [-0.39, 0.29) is 0 Å². The molecule has 0 aliphatic rings. The molecule has 0 bridgehead atoms. The van der Waals surface area contributed by atoms with Crippen LogP contribution in [0, 0.1) is 0 Å². The number of benzene rings is 2. The minimum absolute atomic E-state index is 0.416. The van der Waals surface area contributed by atoms with E-state index in [2.05, 4.69) is 26.5 Å². The van der Waals surface area contributed by atoms with Crippen LogP contribution in [0.3, 0.4) is 0 Å². The van der Waals surface area contributed by atoms with Crippen LogP contribution >= 0.6 is 27.5 Å². The van der Waals surface area contributed by atoms with Gasteiger partial charge in [-0.1, -0.05) is 39.7 Å². The normalized spacial score (nSPS) is 10.6. The zero-order valence-electron chi connectivity index (χ0n) is 11.3. The van der Waals surface area contributed by atoms with E-state index in [0.717, 1.165) is 4.47 Å². The molecule has 0 saturated heterocycles. The maximum atomic E-state index is 10.6. The van der Waals surface area contributed by atoms with Gasteiger partial charge < -0.3 is 9.84 Å². The first-order chi connectivity index (χ1) is 10.6. The Kier molecular flexibility index (Phi) is 5.80. The fraction of sp³-hybridized carbons (Fsp3) is 0.0667. The Bertz CT molecular complexity index is 707. The highest BCUT2D eigenvalue weighted by Crippen LogP contribution is 2.23. The van der Waals surface area contributed by atoms with Crippen LogP contribution in [0.1, 0.15) is 5.56 Å². The molecule has 0 atom stereocenters. The molecule has 0 aliphatic carbocycles. The standard InChI is InChI=1S/C15H12BrClN2O3/c16-11-5-6-14(22-9-15(20)21)10(7-11)8-18-19-13-4-2-1-3-12(13)17/h1-8,19H,9H2,(H,20,21)/b18-8-. The van der Waals surface area contributed by atoms with Crippen LogP contribution in [0.5, 0.6) is 5.75 Å². The third kappa shape index (κ3) is 4.75. The van der Waals surface area contributed by atoms with E-state index in [1.165, 1.54) is 6.21 Å². The van der Waals surface area contributed by atoms with Crippen molar-refractivity contribution in [3.05, 3.63) is 57.5 Å². The van der Waals surface area contributed by atoms with Gasteiger partial charge >= 0.3 is 5.97 Å². The van der Waals surface area contributed by atoms with Gasteiger partial charge in [0.1, 0.15) is 5.75 Å². The van der Waals surface area contributed by atoms with Crippen LogP contribution < -0.4 is 10.2 Å². The number of anilines is 1. The summed E-state index contributed by atoms with van der Waals surface area (Å²) in [6.07, 6.45) is 1.53. The largest absolute Gasteiger partial charge is 0.481 e. The number of ether oxygens (including phenoxy) is 1. The number of para-hydroxylation sites is 1. The summed E-state index contributed by atoms with van der Waals surface area (Å²) in [5.41, 5.74) is 4.13. The van der Waals surface area contributed by atoms with Crippen LogP contribution in [0.2, 0.25) is 5.02 Å². The number of nitrogens with one attached hydrogen (secondary N) is 1. The molecule has 0 heterocycles. The Morgan fingerprint density at radius 1 is 1.36 bits per heavy atom. The fourth-order valence-electron chi connectivity index (χ4n) is 1.61. The molecule has 0 aliphatic heterocycles. The number of carboxylic acids is 1. The Balaban J connectivity index is 2.13. The fourth-order valence-corrected chi connectivity index (χ4v) is 2.17. The second-order valence-corrected chi connectivity index (χ2v) is 5.54. The van der Waals surface area contributed by atoms with Crippen molar-refractivity contribution >= 4 is 45.4 Å². The highest BCUT2D eigenvalue weighted by Gasteiger charge is 2.05. The van der Waals surface area contributed by atoms with Gasteiger partial charge in [0.15, 0.2) is 6.61 Å². The average Bonchev–Trinajstić information content (AvgIpc) is 2.48. The molecular formula is C15H12BrClN2O3. The first-order valence-electron chi connectivity index (χ1n) is 6.24. The van der Waals surface area contributed by atoms with Crippen LogP contribution in [0.15, 0.2) is 52.0 Å². The Morgan fingerprint density at radius 3 is 2.86 bits per heavy atom. The van der Waals surface area contributed by atoms with E-state index in [1.54, 1.807) is 30.3 Å². The summed E-state index contributed by atoms with van der Waals surface area (Å²) in [5.74, 6) is -0.615. The monoisotopic (exact) mass is 382 g/mol. The molecule has 0 fully saturated rings. The van der Waals surface area contributed by atoms with Gasteiger partial charge in [0.25, 0.3) is 0 Å². The summed E-state index contributed by atoms with van der Waals surface area (Å²) in [7, 11) is 0. The van der Waals surface area contributed by atoms with Gasteiger partial charge in [0.05, 0.1) is 16.9 Å². The Labute approximate surface area is 140 Å². The van der Waals surface area contributed by atoms with Gasteiger partial charge in [-0.15, -0.1) is 0 Å². The van der Waals surface area contributed by atoms with Crippen molar-refractivity contribution in [2.45, 2.75) is 0 Å². The number of hydrazone groups is 1. The lowest BCUT2D eigenvalue weighted by atomic mass is 10.2. The number of nitrogens with zero attached hydrogens (tertiary/aromatic N) is 1. The van der Waals surface area contributed by atoms with E-state index in [4.69, 9.17) is 21.4 Å². The molecule has 0 unspecified atom stereocenters. The second kappa shape index (κ2) is 7.82. The quantitative estimate of drug-likeness (QED) is 0.584. The molecule has 2 rings (SSSR count). The maximum Gasteiger partial charge on any atom is 0.341 e. The number of halogens is 2. The molecule has 114 valence electrons. The van der Waals surface area contributed by atoms with E-state index < -0.39 is 12.6 Å². The van der Waals surface area contributed by atoms with Gasteiger partial charge in [-0.25, -0.2) is 4.79 Å². The lowest BCUT2D eigenvalue weighted by Gasteiger charge is -2.07. The predicted molar refractivity (Wildman–Crippen MR) is 89.9 cm³/mol. The van der Waals surface area contributed by atoms with E-state index >= 15 is 0 Å². The van der Waals surface area contributed by atoms with E-state index in [1.807, 2.05) is 12.1 Å². The third-order valence-corrected chi connectivity index (χ3v) is 3.41. The molecule has 0 saturated carbocycles. The number of hydrogen-bond donors (Lipinski definition) is 2. The zero-order valence-corrected chi connectivity index (χ0v) is 13.6. The number of hydrogen-bond acceptors (Lipinski definition) is 4. The van der Waals surface area contributed by atoms with Crippen molar-refractivity contribution in [2.75, 3.05) is 12.0 Å². The molecule has 2 aromatic rings. The minimum Gasteiger partial charge on any atom is -0.481 e. The number of carbonyl (C=O) groups is 1. The van der Waals surface area contributed by atoms with E-state index in [9.17, 15) is 4.79 Å². The first kappa shape index (κ1) is 16.3. The number of carboxylic acid groups (broad SMARTS) is 1. The minimum atomic E-state index is -1.04. The lowest BCUT2D eigenvalue weighted by Crippen LogP contribution is -2.10. The zero-order chi connectivity index (χ0) is 15.9. The molecule has 0 aromatic heterocycles. The maximum absolute atomic E-state index is 10.6. The summed E-state index contributed by atoms with van der Waals surface area (Å²) in [5, 5.41) is 13.3. The van der Waals surface area contributed by atoms with Crippen molar-refractivity contribution in [1.82, 2.24) is 0 Å². The van der Waals surface area contributed by atoms with Gasteiger partial charge in [0.2, 0.25) is 0 Å². The van der Waals surface area contributed by atoms with Gasteiger partial charge in [-0.05, 0) is 30.3 Å². The van der Waals surface area contributed by atoms with Crippen molar-refractivity contribution in [1.29, 1.82) is 0 Å². The van der Waals surface area contributed by atoms with Gasteiger partial charge in [-0.3, -0.25) is 5.43 Å². The van der Waals surface area contributed by atoms with Gasteiger partial charge in [0, 0.05) is 10.0 Å². The van der Waals surface area contributed by atoms with E-state index in [0.29, 0.717) is 22.0 Å². The summed E-state index contributed by atoms with van der Waals surface area (Å²) < 4.78 is 6.04. The molecule has 0 amide bonds.